The van der Waals surface area contributed by atoms with Crippen molar-refractivity contribution < 1.29 is 0 Å². The number of anilines is 1. The predicted octanol–water partition coefficient (Wildman–Crippen LogP) is 2.34. The topological polar surface area (TPSA) is 43.8 Å². The molecule has 0 aliphatic carbocycles. The van der Waals surface area contributed by atoms with Crippen LogP contribution in [0.15, 0.2) is 18.3 Å². The number of rotatable bonds is 2. The SMILES string of the molecule is CCCn1ccc2c(C)cc(N)nc21. The van der Waals surface area contributed by atoms with Crippen LogP contribution in [0.1, 0.15) is 18.9 Å². The van der Waals surface area contributed by atoms with Gasteiger partial charge in [0.05, 0.1) is 0 Å². The summed E-state index contributed by atoms with van der Waals surface area (Å²) < 4.78 is 2.15. The molecule has 2 aromatic rings. The number of aryl methyl sites for hydroxylation is 2. The van der Waals surface area contributed by atoms with Gasteiger partial charge in [-0.2, -0.15) is 0 Å². The Labute approximate surface area is 83.6 Å². The summed E-state index contributed by atoms with van der Waals surface area (Å²) in [5, 5.41) is 1.20. The van der Waals surface area contributed by atoms with E-state index >= 15 is 0 Å². The Morgan fingerprint density at radius 2 is 2.29 bits per heavy atom. The standard InChI is InChI=1S/C11H15N3/c1-3-5-14-6-4-9-8(2)7-10(12)13-11(9)14/h4,6-7H,3,5H2,1-2H3,(H2,12,13). The number of hydrogen-bond donors (Lipinski definition) is 1. The van der Waals surface area contributed by atoms with Gasteiger partial charge in [-0.25, -0.2) is 4.98 Å². The fraction of sp³-hybridized carbons (Fsp3) is 0.364. The van der Waals surface area contributed by atoms with Gasteiger partial charge < -0.3 is 10.3 Å². The number of pyridine rings is 1. The Morgan fingerprint density at radius 3 is 3.00 bits per heavy atom. The second-order valence-electron chi connectivity index (χ2n) is 3.61. The van der Waals surface area contributed by atoms with Crippen LogP contribution in [0, 0.1) is 6.92 Å². The molecule has 0 amide bonds. The molecular weight excluding hydrogens is 174 g/mol. The van der Waals surface area contributed by atoms with Crippen LogP contribution < -0.4 is 5.73 Å². The molecule has 2 aromatic heterocycles. The van der Waals surface area contributed by atoms with Crippen molar-refractivity contribution in [2.24, 2.45) is 0 Å². The van der Waals surface area contributed by atoms with Crippen molar-refractivity contribution in [3.05, 3.63) is 23.9 Å². The van der Waals surface area contributed by atoms with Gasteiger partial charge in [0.1, 0.15) is 11.5 Å². The van der Waals surface area contributed by atoms with Crippen molar-refractivity contribution in [2.75, 3.05) is 5.73 Å². The van der Waals surface area contributed by atoms with Gasteiger partial charge in [0, 0.05) is 18.1 Å². The summed E-state index contributed by atoms with van der Waals surface area (Å²) in [6.45, 7) is 5.22. The molecule has 0 aliphatic heterocycles. The molecule has 0 bridgehead atoms. The fourth-order valence-corrected chi connectivity index (χ4v) is 1.77. The minimum atomic E-state index is 0.603. The molecule has 3 nitrogen and oxygen atoms in total. The van der Waals surface area contributed by atoms with Crippen LogP contribution in [-0.4, -0.2) is 9.55 Å². The van der Waals surface area contributed by atoms with Crippen LogP contribution in [-0.2, 0) is 6.54 Å². The molecule has 0 unspecified atom stereocenters. The maximum Gasteiger partial charge on any atom is 0.142 e. The lowest BCUT2D eigenvalue weighted by Gasteiger charge is -2.03. The molecule has 3 heteroatoms. The Bertz CT molecular complexity index is 457. The van der Waals surface area contributed by atoms with Gasteiger partial charge >= 0.3 is 0 Å². The Morgan fingerprint density at radius 1 is 1.50 bits per heavy atom. The lowest BCUT2D eigenvalue weighted by atomic mass is 10.2. The molecule has 0 saturated heterocycles. The van der Waals surface area contributed by atoms with Crippen LogP contribution in [0.2, 0.25) is 0 Å². The normalized spacial score (nSPS) is 11.0. The summed E-state index contributed by atoms with van der Waals surface area (Å²) >= 11 is 0. The predicted molar refractivity (Wildman–Crippen MR) is 59.2 cm³/mol. The van der Waals surface area contributed by atoms with Crippen LogP contribution in [0.3, 0.4) is 0 Å². The Hall–Kier alpha value is -1.51. The van der Waals surface area contributed by atoms with E-state index < -0.39 is 0 Å². The van der Waals surface area contributed by atoms with Crippen molar-refractivity contribution in [2.45, 2.75) is 26.8 Å². The molecule has 0 spiro atoms. The minimum Gasteiger partial charge on any atom is -0.384 e. The highest BCUT2D eigenvalue weighted by Gasteiger charge is 2.05. The van der Waals surface area contributed by atoms with Crippen molar-refractivity contribution in [1.29, 1.82) is 0 Å². The zero-order valence-corrected chi connectivity index (χ0v) is 8.62. The van der Waals surface area contributed by atoms with Crippen LogP contribution in [0.25, 0.3) is 11.0 Å². The van der Waals surface area contributed by atoms with Crippen molar-refractivity contribution in [3.63, 3.8) is 0 Å². The second kappa shape index (κ2) is 3.33. The molecule has 74 valence electrons. The average Bonchev–Trinajstić information content (AvgIpc) is 2.49. The number of aromatic nitrogens is 2. The molecule has 0 fully saturated rings. The summed E-state index contributed by atoms with van der Waals surface area (Å²) in [6, 6.07) is 4.02. The first-order chi connectivity index (χ1) is 6.72. The minimum absolute atomic E-state index is 0.603. The van der Waals surface area contributed by atoms with Gasteiger partial charge in [-0.05, 0) is 31.0 Å². The van der Waals surface area contributed by atoms with Gasteiger partial charge in [-0.1, -0.05) is 6.92 Å². The van der Waals surface area contributed by atoms with Crippen molar-refractivity contribution in [1.82, 2.24) is 9.55 Å². The third kappa shape index (κ3) is 1.35. The molecule has 0 aliphatic rings. The van der Waals surface area contributed by atoms with Crippen LogP contribution in [0.5, 0.6) is 0 Å². The molecule has 2 heterocycles. The first-order valence-corrected chi connectivity index (χ1v) is 4.94. The van der Waals surface area contributed by atoms with E-state index in [9.17, 15) is 0 Å². The van der Waals surface area contributed by atoms with Gasteiger partial charge in [0.2, 0.25) is 0 Å². The van der Waals surface area contributed by atoms with Crippen LogP contribution >= 0.6 is 0 Å². The number of nitrogen functional groups attached to an aromatic ring is 1. The molecule has 2 rings (SSSR count). The summed E-state index contributed by atoms with van der Waals surface area (Å²) in [5.74, 6) is 0.603. The maximum absolute atomic E-state index is 5.72. The molecule has 2 N–H and O–H groups in total. The number of nitrogens with two attached hydrogens (primary N) is 1. The van der Waals surface area contributed by atoms with E-state index in [-0.39, 0.29) is 0 Å². The highest BCUT2D eigenvalue weighted by atomic mass is 15.0. The lowest BCUT2D eigenvalue weighted by molar-refractivity contribution is 0.698. The maximum atomic E-state index is 5.72. The third-order valence-corrected chi connectivity index (χ3v) is 2.42. The summed E-state index contributed by atoms with van der Waals surface area (Å²) in [5.41, 5.74) is 7.93. The highest BCUT2D eigenvalue weighted by Crippen LogP contribution is 2.20. The van der Waals surface area contributed by atoms with E-state index in [4.69, 9.17) is 5.73 Å². The number of nitrogens with zero attached hydrogens (tertiary/aromatic N) is 2. The molecule has 0 saturated carbocycles. The summed E-state index contributed by atoms with van der Waals surface area (Å²) in [7, 11) is 0. The largest absolute Gasteiger partial charge is 0.384 e. The summed E-state index contributed by atoms with van der Waals surface area (Å²) in [4.78, 5) is 4.36. The molecule has 0 aromatic carbocycles. The molecular formula is C11H15N3. The van der Waals surface area contributed by atoms with E-state index in [1.165, 1.54) is 10.9 Å². The zero-order valence-electron chi connectivity index (χ0n) is 8.62. The Balaban J connectivity index is 2.66. The highest BCUT2D eigenvalue weighted by molar-refractivity contribution is 5.81. The lowest BCUT2D eigenvalue weighted by Crippen LogP contribution is -1.99. The average molecular weight is 189 g/mol. The van der Waals surface area contributed by atoms with Crippen molar-refractivity contribution in [3.8, 4) is 0 Å². The van der Waals surface area contributed by atoms with Gasteiger partial charge in [0.25, 0.3) is 0 Å². The summed E-state index contributed by atoms with van der Waals surface area (Å²) in [6.07, 6.45) is 3.19. The second-order valence-corrected chi connectivity index (χ2v) is 3.61. The van der Waals surface area contributed by atoms with E-state index in [0.717, 1.165) is 18.6 Å². The van der Waals surface area contributed by atoms with Gasteiger partial charge in [0.15, 0.2) is 0 Å². The van der Waals surface area contributed by atoms with E-state index in [1.54, 1.807) is 0 Å². The first kappa shape index (κ1) is 9.06. The molecule has 0 radical (unpaired) electrons. The van der Waals surface area contributed by atoms with Crippen LogP contribution in [0.4, 0.5) is 5.82 Å². The smallest absolute Gasteiger partial charge is 0.142 e. The third-order valence-electron chi connectivity index (χ3n) is 2.42. The van der Waals surface area contributed by atoms with Gasteiger partial charge in [-0.3, -0.25) is 0 Å². The van der Waals surface area contributed by atoms with Gasteiger partial charge in [-0.15, -0.1) is 0 Å². The quantitative estimate of drug-likeness (QED) is 0.788. The number of hydrogen-bond acceptors (Lipinski definition) is 2. The van der Waals surface area contributed by atoms with E-state index in [0.29, 0.717) is 5.82 Å². The number of fused-ring (bicyclic) bond motifs is 1. The Kier molecular flexibility index (Phi) is 2.15. The molecule has 0 atom stereocenters. The van der Waals surface area contributed by atoms with E-state index in [1.807, 2.05) is 6.07 Å². The molecule has 14 heavy (non-hydrogen) atoms. The van der Waals surface area contributed by atoms with Crippen molar-refractivity contribution >= 4 is 16.9 Å². The monoisotopic (exact) mass is 189 g/mol. The first-order valence-electron chi connectivity index (χ1n) is 4.94. The van der Waals surface area contributed by atoms with E-state index in [2.05, 4.69) is 35.7 Å². The zero-order chi connectivity index (χ0) is 10.1. The fourth-order valence-electron chi connectivity index (χ4n) is 1.77.